The van der Waals surface area contributed by atoms with Crippen molar-refractivity contribution >= 4 is 11.6 Å². The third kappa shape index (κ3) is 3.80. The number of amides is 1. The number of para-hydroxylation sites is 1. The molecule has 0 aliphatic carbocycles. The molecule has 0 saturated carbocycles. The summed E-state index contributed by atoms with van der Waals surface area (Å²) in [5, 5.41) is 0. The van der Waals surface area contributed by atoms with Gasteiger partial charge in [0.2, 0.25) is 0 Å². The molecule has 1 amide bonds. The van der Waals surface area contributed by atoms with Crippen molar-refractivity contribution in [2.24, 2.45) is 0 Å². The number of carbonyl (C=O) groups excluding carboxylic acids is 1. The van der Waals surface area contributed by atoms with Crippen molar-refractivity contribution in [2.45, 2.75) is 31.4 Å². The molecule has 0 N–H and O–H groups in total. The minimum Gasteiger partial charge on any atom is -0.362 e. The maximum Gasteiger partial charge on any atom is 0.260 e. The predicted molar refractivity (Wildman–Crippen MR) is 103 cm³/mol. The highest BCUT2D eigenvalue weighted by Crippen LogP contribution is 2.33. The standard InChI is InChI=1S/C22H24F2N2O2/c23-18-9-8-17(20(24)14-18)15-25-12-13-28-22(16-25)10-4-5-11-26(21(22)27)19-6-2-1-3-7-19/h1-3,6-9,14H,4-5,10-13,15-16H2. The molecule has 1 spiro atoms. The van der Waals surface area contributed by atoms with Crippen molar-refractivity contribution < 1.29 is 18.3 Å². The third-order valence-corrected chi connectivity index (χ3v) is 5.59. The van der Waals surface area contributed by atoms with E-state index in [9.17, 15) is 13.6 Å². The fraction of sp³-hybridized carbons (Fsp3) is 0.409. The summed E-state index contributed by atoms with van der Waals surface area (Å²) in [6.07, 6.45) is 2.46. The van der Waals surface area contributed by atoms with Crippen LogP contribution in [0.2, 0.25) is 0 Å². The first-order chi connectivity index (χ1) is 13.6. The summed E-state index contributed by atoms with van der Waals surface area (Å²) in [6, 6.07) is 13.3. The maximum absolute atomic E-state index is 14.1. The molecule has 0 bridgehead atoms. The van der Waals surface area contributed by atoms with E-state index >= 15 is 0 Å². The lowest BCUT2D eigenvalue weighted by molar-refractivity contribution is -0.158. The van der Waals surface area contributed by atoms with E-state index in [1.165, 1.54) is 12.1 Å². The number of anilines is 1. The van der Waals surface area contributed by atoms with Gasteiger partial charge in [0.1, 0.15) is 11.6 Å². The van der Waals surface area contributed by atoms with Gasteiger partial charge >= 0.3 is 0 Å². The van der Waals surface area contributed by atoms with Gasteiger partial charge in [0, 0.05) is 43.5 Å². The van der Waals surface area contributed by atoms with Gasteiger partial charge in [0.25, 0.3) is 5.91 Å². The molecular formula is C22H24F2N2O2. The maximum atomic E-state index is 14.1. The van der Waals surface area contributed by atoms with Gasteiger partial charge in [-0.3, -0.25) is 9.69 Å². The molecule has 4 nitrogen and oxygen atoms in total. The van der Waals surface area contributed by atoms with Crippen molar-refractivity contribution in [2.75, 3.05) is 31.1 Å². The van der Waals surface area contributed by atoms with Gasteiger partial charge in [-0.1, -0.05) is 24.3 Å². The molecule has 2 aliphatic rings. The first kappa shape index (κ1) is 19.0. The second-order valence-corrected chi connectivity index (χ2v) is 7.54. The van der Waals surface area contributed by atoms with E-state index < -0.39 is 17.2 Å². The molecular weight excluding hydrogens is 362 g/mol. The highest BCUT2D eigenvalue weighted by molar-refractivity contribution is 6.00. The van der Waals surface area contributed by atoms with Crippen LogP contribution < -0.4 is 4.90 Å². The van der Waals surface area contributed by atoms with Crippen molar-refractivity contribution in [1.82, 2.24) is 4.90 Å². The Morgan fingerprint density at radius 3 is 2.64 bits per heavy atom. The fourth-order valence-electron chi connectivity index (χ4n) is 4.15. The van der Waals surface area contributed by atoms with Gasteiger partial charge in [-0.25, -0.2) is 8.78 Å². The highest BCUT2D eigenvalue weighted by Gasteiger charge is 2.47. The summed E-state index contributed by atoms with van der Waals surface area (Å²) in [7, 11) is 0. The zero-order chi connectivity index (χ0) is 19.6. The molecule has 2 aromatic rings. The smallest absolute Gasteiger partial charge is 0.260 e. The number of morpholine rings is 1. The van der Waals surface area contributed by atoms with E-state index in [1.54, 1.807) is 0 Å². The van der Waals surface area contributed by atoms with Gasteiger partial charge in [-0.05, 0) is 37.5 Å². The van der Waals surface area contributed by atoms with Crippen LogP contribution in [0.25, 0.3) is 0 Å². The van der Waals surface area contributed by atoms with E-state index in [2.05, 4.69) is 0 Å². The van der Waals surface area contributed by atoms with Gasteiger partial charge in [0.15, 0.2) is 5.60 Å². The van der Waals surface area contributed by atoms with Gasteiger partial charge in [-0.15, -0.1) is 0 Å². The molecule has 2 fully saturated rings. The average Bonchev–Trinajstić information content (AvgIpc) is 2.85. The number of hydrogen-bond acceptors (Lipinski definition) is 3. The Morgan fingerprint density at radius 2 is 1.86 bits per heavy atom. The SMILES string of the molecule is O=C1N(c2ccccc2)CCCCC12CN(Cc1ccc(F)cc1F)CCO2. The number of rotatable bonds is 3. The van der Waals surface area contributed by atoms with Gasteiger partial charge in [0.05, 0.1) is 6.61 Å². The van der Waals surface area contributed by atoms with Crippen LogP contribution in [0.3, 0.4) is 0 Å². The van der Waals surface area contributed by atoms with E-state index in [0.717, 1.165) is 24.6 Å². The van der Waals surface area contributed by atoms with Crippen LogP contribution in [0.15, 0.2) is 48.5 Å². The Bertz CT molecular complexity index is 846. The number of nitrogens with zero attached hydrogens (tertiary/aromatic N) is 2. The normalized spacial score (nSPS) is 23.8. The number of benzene rings is 2. The Balaban J connectivity index is 1.56. The molecule has 148 valence electrons. The van der Waals surface area contributed by atoms with Crippen LogP contribution in [0, 0.1) is 11.6 Å². The first-order valence-corrected chi connectivity index (χ1v) is 9.75. The highest BCUT2D eigenvalue weighted by atomic mass is 19.1. The van der Waals surface area contributed by atoms with Crippen LogP contribution in [0.1, 0.15) is 24.8 Å². The summed E-state index contributed by atoms with van der Waals surface area (Å²) in [6.45, 7) is 2.43. The van der Waals surface area contributed by atoms with Gasteiger partial charge < -0.3 is 9.64 Å². The Kier molecular flexibility index (Phi) is 5.42. The lowest BCUT2D eigenvalue weighted by atomic mass is 9.93. The largest absolute Gasteiger partial charge is 0.362 e. The zero-order valence-electron chi connectivity index (χ0n) is 15.7. The molecule has 0 radical (unpaired) electrons. The van der Waals surface area contributed by atoms with Crippen molar-refractivity contribution in [3.05, 3.63) is 65.7 Å². The minimum atomic E-state index is -0.916. The van der Waals surface area contributed by atoms with Crippen LogP contribution in [-0.4, -0.2) is 42.6 Å². The number of hydrogen-bond donors (Lipinski definition) is 0. The quantitative estimate of drug-likeness (QED) is 0.805. The second kappa shape index (κ2) is 7.97. The van der Waals surface area contributed by atoms with E-state index in [-0.39, 0.29) is 5.91 Å². The zero-order valence-corrected chi connectivity index (χ0v) is 15.7. The monoisotopic (exact) mass is 386 g/mol. The number of ether oxygens (including phenoxy) is 1. The fourth-order valence-corrected chi connectivity index (χ4v) is 4.15. The number of halogens is 2. The Hall–Kier alpha value is -2.31. The molecule has 0 aromatic heterocycles. The lowest BCUT2D eigenvalue weighted by Gasteiger charge is -2.42. The molecule has 28 heavy (non-hydrogen) atoms. The third-order valence-electron chi connectivity index (χ3n) is 5.59. The van der Waals surface area contributed by atoms with Crippen molar-refractivity contribution in [3.8, 4) is 0 Å². The molecule has 1 unspecified atom stereocenters. The predicted octanol–water partition coefficient (Wildman–Crippen LogP) is 3.75. The summed E-state index contributed by atoms with van der Waals surface area (Å²) < 4.78 is 33.4. The summed E-state index contributed by atoms with van der Waals surface area (Å²) in [4.78, 5) is 17.3. The molecule has 4 rings (SSSR count). The first-order valence-electron chi connectivity index (χ1n) is 9.75. The van der Waals surface area contributed by atoms with Crippen molar-refractivity contribution in [3.63, 3.8) is 0 Å². The molecule has 2 heterocycles. The Labute approximate surface area is 163 Å². The molecule has 2 saturated heterocycles. The Morgan fingerprint density at radius 1 is 1.04 bits per heavy atom. The molecule has 1 atom stereocenters. The average molecular weight is 386 g/mol. The van der Waals surface area contributed by atoms with Crippen LogP contribution in [-0.2, 0) is 16.1 Å². The minimum absolute atomic E-state index is 0.0273. The van der Waals surface area contributed by atoms with Crippen LogP contribution >= 0.6 is 0 Å². The van der Waals surface area contributed by atoms with Crippen LogP contribution in [0.5, 0.6) is 0 Å². The van der Waals surface area contributed by atoms with E-state index in [4.69, 9.17) is 4.74 Å². The topological polar surface area (TPSA) is 32.8 Å². The van der Waals surface area contributed by atoms with Crippen LogP contribution in [0.4, 0.5) is 14.5 Å². The van der Waals surface area contributed by atoms with Crippen molar-refractivity contribution in [1.29, 1.82) is 0 Å². The van der Waals surface area contributed by atoms with E-state index in [1.807, 2.05) is 40.1 Å². The number of carbonyl (C=O) groups is 1. The summed E-state index contributed by atoms with van der Waals surface area (Å²) in [5.41, 5.74) is 0.389. The lowest BCUT2D eigenvalue weighted by Crippen LogP contribution is -2.59. The summed E-state index contributed by atoms with van der Waals surface area (Å²) >= 11 is 0. The summed E-state index contributed by atoms with van der Waals surface area (Å²) in [5.74, 6) is -1.17. The molecule has 2 aliphatic heterocycles. The molecule has 2 aromatic carbocycles. The molecule has 6 heteroatoms. The van der Waals surface area contributed by atoms with Gasteiger partial charge in [-0.2, -0.15) is 0 Å². The van der Waals surface area contributed by atoms with E-state index in [0.29, 0.717) is 44.8 Å². The second-order valence-electron chi connectivity index (χ2n) is 7.54.